The monoisotopic (exact) mass is 312 g/mol. The standard InChI is InChI=1S/C15H12F4N2O/c16-13-5-4-11(15(17,18)19)6-10(13)8-21-12-3-1-2-9(7-12)14(20)22/h1-7,21H,8H2,(H2,20,22). The topological polar surface area (TPSA) is 55.1 Å². The molecule has 116 valence electrons. The Morgan fingerprint density at radius 3 is 2.50 bits per heavy atom. The second-order valence-corrected chi connectivity index (χ2v) is 4.60. The van der Waals surface area contributed by atoms with Gasteiger partial charge in [0.1, 0.15) is 5.82 Å². The molecule has 3 N–H and O–H groups in total. The number of amides is 1. The van der Waals surface area contributed by atoms with E-state index in [-0.39, 0.29) is 17.7 Å². The van der Waals surface area contributed by atoms with Gasteiger partial charge in [0, 0.05) is 23.4 Å². The van der Waals surface area contributed by atoms with E-state index in [2.05, 4.69) is 5.32 Å². The van der Waals surface area contributed by atoms with Gasteiger partial charge in [0.15, 0.2) is 0 Å². The number of benzene rings is 2. The average molecular weight is 312 g/mol. The highest BCUT2D eigenvalue weighted by molar-refractivity contribution is 5.93. The van der Waals surface area contributed by atoms with E-state index in [1.165, 1.54) is 12.1 Å². The normalized spacial score (nSPS) is 11.3. The van der Waals surface area contributed by atoms with Gasteiger partial charge in [-0.1, -0.05) is 6.07 Å². The highest BCUT2D eigenvalue weighted by Crippen LogP contribution is 2.30. The Hall–Kier alpha value is -2.57. The van der Waals surface area contributed by atoms with Crippen molar-refractivity contribution in [3.8, 4) is 0 Å². The molecule has 0 saturated heterocycles. The first-order chi connectivity index (χ1) is 10.3. The largest absolute Gasteiger partial charge is 0.416 e. The van der Waals surface area contributed by atoms with Crippen LogP contribution in [0.5, 0.6) is 0 Å². The zero-order valence-electron chi connectivity index (χ0n) is 11.2. The number of alkyl halides is 3. The molecule has 0 bridgehead atoms. The lowest BCUT2D eigenvalue weighted by atomic mass is 10.1. The summed E-state index contributed by atoms with van der Waals surface area (Å²) in [6.07, 6.45) is -4.53. The minimum absolute atomic E-state index is 0.126. The number of nitrogens with one attached hydrogen (secondary N) is 1. The van der Waals surface area contributed by atoms with Crippen LogP contribution in [-0.2, 0) is 12.7 Å². The summed E-state index contributed by atoms with van der Waals surface area (Å²) in [6.45, 7) is -0.155. The van der Waals surface area contributed by atoms with Gasteiger partial charge in [0.05, 0.1) is 5.56 Å². The molecular formula is C15H12F4N2O. The van der Waals surface area contributed by atoms with Crippen LogP contribution in [0.15, 0.2) is 42.5 Å². The maximum atomic E-state index is 13.6. The first-order valence-electron chi connectivity index (χ1n) is 6.27. The van der Waals surface area contributed by atoms with Gasteiger partial charge >= 0.3 is 6.18 Å². The van der Waals surface area contributed by atoms with E-state index in [9.17, 15) is 22.4 Å². The molecule has 2 aromatic rings. The fourth-order valence-electron chi connectivity index (χ4n) is 1.87. The van der Waals surface area contributed by atoms with Crippen LogP contribution >= 0.6 is 0 Å². The molecule has 0 unspecified atom stereocenters. The van der Waals surface area contributed by atoms with Crippen LogP contribution in [0, 0.1) is 5.82 Å². The van der Waals surface area contributed by atoms with Crippen LogP contribution in [0.1, 0.15) is 21.5 Å². The molecule has 0 spiro atoms. The quantitative estimate of drug-likeness (QED) is 0.848. The van der Waals surface area contributed by atoms with E-state index in [0.717, 1.165) is 12.1 Å². The molecule has 22 heavy (non-hydrogen) atoms. The minimum atomic E-state index is -4.53. The third-order valence-corrected chi connectivity index (χ3v) is 3.00. The Morgan fingerprint density at radius 1 is 1.14 bits per heavy atom. The van der Waals surface area contributed by atoms with E-state index in [1.54, 1.807) is 12.1 Å². The van der Waals surface area contributed by atoms with Crippen molar-refractivity contribution in [2.45, 2.75) is 12.7 Å². The fourth-order valence-corrected chi connectivity index (χ4v) is 1.87. The Kier molecular flexibility index (Phi) is 4.35. The van der Waals surface area contributed by atoms with Crippen molar-refractivity contribution >= 4 is 11.6 Å². The van der Waals surface area contributed by atoms with Crippen LogP contribution in [0.4, 0.5) is 23.2 Å². The summed E-state index contributed by atoms with van der Waals surface area (Å²) in [5, 5.41) is 2.76. The number of carbonyl (C=O) groups excluding carboxylic acids is 1. The van der Waals surface area contributed by atoms with Gasteiger partial charge < -0.3 is 11.1 Å². The first-order valence-corrected chi connectivity index (χ1v) is 6.27. The Balaban J connectivity index is 2.18. The number of halogens is 4. The number of hydrogen-bond acceptors (Lipinski definition) is 2. The first kappa shape index (κ1) is 15.8. The molecular weight excluding hydrogens is 300 g/mol. The lowest BCUT2D eigenvalue weighted by Crippen LogP contribution is -2.11. The van der Waals surface area contributed by atoms with Gasteiger partial charge in [0.2, 0.25) is 5.91 Å². The molecule has 0 fully saturated rings. The second kappa shape index (κ2) is 6.05. The van der Waals surface area contributed by atoms with Crippen LogP contribution in [-0.4, -0.2) is 5.91 Å². The predicted molar refractivity (Wildman–Crippen MR) is 73.7 cm³/mol. The fraction of sp³-hybridized carbons (Fsp3) is 0.133. The highest BCUT2D eigenvalue weighted by Gasteiger charge is 2.30. The van der Waals surface area contributed by atoms with E-state index in [0.29, 0.717) is 11.8 Å². The molecule has 0 radical (unpaired) electrons. The molecule has 0 heterocycles. The van der Waals surface area contributed by atoms with Gasteiger partial charge in [-0.25, -0.2) is 4.39 Å². The zero-order chi connectivity index (χ0) is 16.3. The number of carbonyl (C=O) groups is 1. The molecule has 0 aliphatic rings. The molecule has 0 aromatic heterocycles. The summed E-state index contributed by atoms with van der Waals surface area (Å²) < 4.78 is 51.4. The van der Waals surface area contributed by atoms with Crippen molar-refractivity contribution in [1.29, 1.82) is 0 Å². The Bertz CT molecular complexity index is 698. The smallest absolute Gasteiger partial charge is 0.381 e. The second-order valence-electron chi connectivity index (χ2n) is 4.60. The molecule has 0 saturated carbocycles. The lowest BCUT2D eigenvalue weighted by Gasteiger charge is -2.11. The number of hydrogen-bond donors (Lipinski definition) is 2. The molecule has 0 aliphatic carbocycles. The summed E-state index contributed by atoms with van der Waals surface area (Å²) in [4.78, 5) is 11.0. The maximum absolute atomic E-state index is 13.6. The minimum Gasteiger partial charge on any atom is -0.381 e. The van der Waals surface area contributed by atoms with Crippen molar-refractivity contribution in [2.75, 3.05) is 5.32 Å². The summed E-state index contributed by atoms with van der Waals surface area (Å²) in [6, 6.07) is 8.31. The summed E-state index contributed by atoms with van der Waals surface area (Å²) in [5.41, 5.74) is 4.78. The predicted octanol–water partition coefficient (Wildman–Crippen LogP) is 3.56. The van der Waals surface area contributed by atoms with Gasteiger partial charge in [-0.05, 0) is 36.4 Å². The van der Waals surface area contributed by atoms with Crippen LogP contribution < -0.4 is 11.1 Å². The van der Waals surface area contributed by atoms with E-state index in [1.807, 2.05) is 0 Å². The van der Waals surface area contributed by atoms with Crippen LogP contribution in [0.25, 0.3) is 0 Å². The van der Waals surface area contributed by atoms with Crippen molar-refractivity contribution < 1.29 is 22.4 Å². The van der Waals surface area contributed by atoms with Crippen molar-refractivity contribution in [3.63, 3.8) is 0 Å². The molecule has 0 atom stereocenters. The zero-order valence-corrected chi connectivity index (χ0v) is 11.2. The molecule has 0 aliphatic heterocycles. The van der Waals surface area contributed by atoms with Crippen LogP contribution in [0.3, 0.4) is 0 Å². The third kappa shape index (κ3) is 3.75. The lowest BCUT2D eigenvalue weighted by molar-refractivity contribution is -0.137. The highest BCUT2D eigenvalue weighted by atomic mass is 19.4. The van der Waals surface area contributed by atoms with Gasteiger partial charge in [-0.2, -0.15) is 13.2 Å². The van der Waals surface area contributed by atoms with Crippen LogP contribution in [0.2, 0.25) is 0 Å². The average Bonchev–Trinajstić information content (AvgIpc) is 2.45. The van der Waals surface area contributed by atoms with E-state index < -0.39 is 23.5 Å². The van der Waals surface area contributed by atoms with Crippen molar-refractivity contribution in [1.82, 2.24) is 0 Å². The SMILES string of the molecule is NC(=O)c1cccc(NCc2cc(C(F)(F)F)ccc2F)c1. The van der Waals surface area contributed by atoms with Gasteiger partial charge in [-0.3, -0.25) is 4.79 Å². The molecule has 2 rings (SSSR count). The molecule has 7 heteroatoms. The number of primary amides is 1. The number of rotatable bonds is 4. The van der Waals surface area contributed by atoms with E-state index >= 15 is 0 Å². The molecule has 2 aromatic carbocycles. The Labute approximate surface area is 123 Å². The molecule has 1 amide bonds. The summed E-state index contributed by atoms with van der Waals surface area (Å²) in [7, 11) is 0. The summed E-state index contributed by atoms with van der Waals surface area (Å²) >= 11 is 0. The van der Waals surface area contributed by atoms with E-state index in [4.69, 9.17) is 5.73 Å². The van der Waals surface area contributed by atoms with Crippen molar-refractivity contribution in [2.24, 2.45) is 5.73 Å². The maximum Gasteiger partial charge on any atom is 0.416 e. The summed E-state index contributed by atoms with van der Waals surface area (Å²) in [5.74, 6) is -1.37. The Morgan fingerprint density at radius 2 is 1.86 bits per heavy atom. The number of anilines is 1. The van der Waals surface area contributed by atoms with Gasteiger partial charge in [0.25, 0.3) is 0 Å². The number of nitrogens with two attached hydrogens (primary N) is 1. The van der Waals surface area contributed by atoms with Gasteiger partial charge in [-0.15, -0.1) is 0 Å². The molecule has 3 nitrogen and oxygen atoms in total. The van der Waals surface area contributed by atoms with Crippen molar-refractivity contribution in [3.05, 3.63) is 65.0 Å². The third-order valence-electron chi connectivity index (χ3n) is 3.00.